The summed E-state index contributed by atoms with van der Waals surface area (Å²) >= 11 is 0. The maximum Gasteiger partial charge on any atom is 0.101 e. The van der Waals surface area contributed by atoms with Gasteiger partial charge in [0.25, 0.3) is 0 Å². The number of hydrogen-bond donors (Lipinski definition) is 0. The topological polar surface area (TPSA) is 36.7 Å². The number of rotatable bonds is 4. The average Bonchev–Trinajstić information content (AvgIpc) is 3.39. The standard InChI is InChI=1S/C41H26N2/c42-25-28-22-31(27-43-26-28)37-24-39-40(35-19-11-10-18-34(35)37)36-21-20-30(29-12-4-1-5-13-29)23-38(36)41(39,32-14-6-2-7-15-32)33-16-8-3-9-17-33/h1-24,26-27H. The lowest BCUT2D eigenvalue weighted by Gasteiger charge is -2.34. The molecule has 0 saturated carbocycles. The van der Waals surface area contributed by atoms with Crippen LogP contribution in [-0.4, -0.2) is 4.98 Å². The quantitative estimate of drug-likeness (QED) is 0.220. The first-order valence-electron chi connectivity index (χ1n) is 14.5. The Morgan fingerprint density at radius 1 is 0.488 bits per heavy atom. The van der Waals surface area contributed by atoms with Crippen molar-refractivity contribution in [3.05, 3.63) is 186 Å². The van der Waals surface area contributed by atoms with E-state index in [0.717, 1.165) is 16.5 Å². The lowest BCUT2D eigenvalue weighted by atomic mass is 9.67. The van der Waals surface area contributed by atoms with Crippen LogP contribution in [0.5, 0.6) is 0 Å². The molecule has 7 aromatic rings. The van der Waals surface area contributed by atoms with E-state index in [1.54, 1.807) is 6.20 Å². The van der Waals surface area contributed by atoms with Gasteiger partial charge in [0, 0.05) is 18.0 Å². The molecule has 2 heteroatoms. The highest BCUT2D eigenvalue weighted by Gasteiger charge is 2.47. The van der Waals surface area contributed by atoms with Gasteiger partial charge in [0.05, 0.1) is 11.0 Å². The molecular weight excluding hydrogens is 520 g/mol. The van der Waals surface area contributed by atoms with Gasteiger partial charge in [0.1, 0.15) is 6.07 Å². The molecule has 1 heterocycles. The number of pyridine rings is 1. The third-order valence-electron chi connectivity index (χ3n) is 8.84. The molecule has 0 bridgehead atoms. The van der Waals surface area contributed by atoms with Gasteiger partial charge in [0.15, 0.2) is 0 Å². The van der Waals surface area contributed by atoms with E-state index in [0.29, 0.717) is 5.56 Å². The minimum absolute atomic E-state index is 0.551. The summed E-state index contributed by atoms with van der Waals surface area (Å²) in [6.07, 6.45) is 3.50. The van der Waals surface area contributed by atoms with Gasteiger partial charge in [-0.15, -0.1) is 0 Å². The molecule has 1 aliphatic rings. The first-order chi connectivity index (χ1) is 21.3. The van der Waals surface area contributed by atoms with Gasteiger partial charge in [0.2, 0.25) is 0 Å². The molecule has 0 spiro atoms. The van der Waals surface area contributed by atoms with E-state index < -0.39 is 5.41 Å². The third-order valence-corrected chi connectivity index (χ3v) is 8.84. The SMILES string of the molecule is N#Cc1cncc(-c2cc3c(c4ccccc24)-c2ccc(-c4ccccc4)cc2C3(c2ccccc2)c2ccccc2)c1. The van der Waals surface area contributed by atoms with E-state index >= 15 is 0 Å². The Morgan fingerprint density at radius 3 is 1.79 bits per heavy atom. The summed E-state index contributed by atoms with van der Waals surface area (Å²) < 4.78 is 0. The second-order valence-electron chi connectivity index (χ2n) is 11.1. The second kappa shape index (κ2) is 9.94. The zero-order chi connectivity index (χ0) is 28.8. The van der Waals surface area contributed by atoms with Crippen molar-refractivity contribution >= 4 is 10.8 Å². The fourth-order valence-corrected chi connectivity index (χ4v) is 7.04. The Labute approximate surface area is 251 Å². The van der Waals surface area contributed by atoms with Gasteiger partial charge >= 0.3 is 0 Å². The van der Waals surface area contributed by atoms with Crippen LogP contribution in [-0.2, 0) is 5.41 Å². The molecule has 8 rings (SSSR count). The second-order valence-corrected chi connectivity index (χ2v) is 11.1. The number of nitrogens with zero attached hydrogens (tertiary/aromatic N) is 2. The van der Waals surface area contributed by atoms with E-state index in [-0.39, 0.29) is 0 Å². The fourth-order valence-electron chi connectivity index (χ4n) is 7.04. The van der Waals surface area contributed by atoms with E-state index in [1.165, 1.54) is 49.9 Å². The average molecular weight is 547 g/mol. The normalized spacial score (nSPS) is 12.8. The van der Waals surface area contributed by atoms with Crippen molar-refractivity contribution in [2.45, 2.75) is 5.41 Å². The predicted octanol–water partition coefficient (Wildman–Crippen LogP) is 9.80. The van der Waals surface area contributed by atoms with Crippen molar-refractivity contribution in [3.63, 3.8) is 0 Å². The van der Waals surface area contributed by atoms with Gasteiger partial charge in [-0.2, -0.15) is 5.26 Å². The highest BCUT2D eigenvalue weighted by atomic mass is 14.6. The lowest BCUT2D eigenvalue weighted by molar-refractivity contribution is 0.769. The first-order valence-corrected chi connectivity index (χ1v) is 14.5. The number of benzene rings is 6. The molecule has 1 aromatic heterocycles. The molecule has 0 amide bonds. The molecule has 0 aliphatic heterocycles. The number of hydrogen-bond acceptors (Lipinski definition) is 2. The molecule has 0 saturated heterocycles. The van der Waals surface area contributed by atoms with Crippen LogP contribution in [0.4, 0.5) is 0 Å². The summed E-state index contributed by atoms with van der Waals surface area (Å²) in [6, 6.07) is 54.6. The molecule has 6 aromatic carbocycles. The number of fused-ring (bicyclic) bond motifs is 5. The zero-order valence-electron chi connectivity index (χ0n) is 23.4. The van der Waals surface area contributed by atoms with Crippen LogP contribution < -0.4 is 0 Å². The Hall–Kier alpha value is -5.78. The number of nitriles is 1. The first kappa shape index (κ1) is 25.0. The third kappa shape index (κ3) is 3.76. The molecule has 2 nitrogen and oxygen atoms in total. The zero-order valence-corrected chi connectivity index (χ0v) is 23.4. The Bertz CT molecular complexity index is 2140. The van der Waals surface area contributed by atoms with Crippen molar-refractivity contribution in [1.29, 1.82) is 5.26 Å². The highest BCUT2D eigenvalue weighted by molar-refractivity contribution is 6.10. The van der Waals surface area contributed by atoms with Crippen molar-refractivity contribution in [2.75, 3.05) is 0 Å². The molecule has 0 atom stereocenters. The molecule has 0 N–H and O–H groups in total. The summed E-state index contributed by atoms with van der Waals surface area (Å²) in [4.78, 5) is 4.45. The van der Waals surface area contributed by atoms with Crippen LogP contribution in [0.15, 0.2) is 158 Å². The van der Waals surface area contributed by atoms with Crippen LogP contribution in [0.1, 0.15) is 27.8 Å². The summed E-state index contributed by atoms with van der Waals surface area (Å²) in [5, 5.41) is 12.0. The minimum Gasteiger partial charge on any atom is -0.263 e. The minimum atomic E-state index is -0.559. The highest BCUT2D eigenvalue weighted by Crippen LogP contribution is 2.59. The van der Waals surface area contributed by atoms with E-state index in [1.807, 2.05) is 12.3 Å². The largest absolute Gasteiger partial charge is 0.263 e. The van der Waals surface area contributed by atoms with Crippen LogP contribution in [0.2, 0.25) is 0 Å². The summed E-state index contributed by atoms with van der Waals surface area (Å²) in [5.41, 5.74) is 11.8. The molecule has 0 unspecified atom stereocenters. The van der Waals surface area contributed by atoms with E-state index in [9.17, 15) is 5.26 Å². The lowest BCUT2D eigenvalue weighted by Crippen LogP contribution is -2.28. The maximum atomic E-state index is 9.71. The monoisotopic (exact) mass is 546 g/mol. The van der Waals surface area contributed by atoms with Crippen LogP contribution >= 0.6 is 0 Å². The number of aromatic nitrogens is 1. The summed E-state index contributed by atoms with van der Waals surface area (Å²) in [6.45, 7) is 0. The van der Waals surface area contributed by atoms with Gasteiger partial charge < -0.3 is 0 Å². The van der Waals surface area contributed by atoms with Gasteiger partial charge in [-0.3, -0.25) is 4.98 Å². The van der Waals surface area contributed by atoms with Crippen molar-refractivity contribution < 1.29 is 0 Å². The molecule has 200 valence electrons. The van der Waals surface area contributed by atoms with Gasteiger partial charge in [-0.25, -0.2) is 0 Å². The maximum absolute atomic E-state index is 9.71. The summed E-state index contributed by atoms with van der Waals surface area (Å²) in [5.74, 6) is 0. The van der Waals surface area contributed by atoms with E-state index in [4.69, 9.17) is 0 Å². The van der Waals surface area contributed by atoms with Gasteiger partial charge in [-0.05, 0) is 79.0 Å². The Kier molecular flexibility index (Phi) is 5.77. The van der Waals surface area contributed by atoms with E-state index in [2.05, 4.69) is 151 Å². The molecule has 0 fully saturated rings. The molecule has 0 radical (unpaired) electrons. The van der Waals surface area contributed by atoms with Crippen LogP contribution in [0.25, 0.3) is 44.2 Å². The van der Waals surface area contributed by atoms with Crippen LogP contribution in [0.3, 0.4) is 0 Å². The Morgan fingerprint density at radius 2 is 1.12 bits per heavy atom. The fraction of sp³-hybridized carbons (Fsp3) is 0.0244. The Balaban J connectivity index is 1.56. The molecular formula is C41H26N2. The van der Waals surface area contributed by atoms with Crippen molar-refractivity contribution in [3.8, 4) is 39.4 Å². The summed E-state index contributed by atoms with van der Waals surface area (Å²) in [7, 11) is 0. The molecule has 43 heavy (non-hydrogen) atoms. The van der Waals surface area contributed by atoms with Crippen molar-refractivity contribution in [2.24, 2.45) is 0 Å². The molecule has 1 aliphatic carbocycles. The van der Waals surface area contributed by atoms with Crippen molar-refractivity contribution in [1.82, 2.24) is 4.98 Å². The van der Waals surface area contributed by atoms with Crippen LogP contribution in [0, 0.1) is 11.3 Å². The predicted molar refractivity (Wildman–Crippen MR) is 175 cm³/mol. The van der Waals surface area contributed by atoms with Gasteiger partial charge in [-0.1, -0.05) is 127 Å². The smallest absolute Gasteiger partial charge is 0.101 e.